The first-order chi connectivity index (χ1) is 15.4. The van der Waals surface area contributed by atoms with Crippen molar-refractivity contribution in [3.8, 4) is 17.1 Å². The predicted molar refractivity (Wildman–Crippen MR) is 124 cm³/mol. The monoisotopic (exact) mass is 448 g/mol. The van der Waals surface area contributed by atoms with Gasteiger partial charge in [-0.25, -0.2) is 4.98 Å². The molecular weight excluding hydrogens is 432 g/mol. The number of H-pyrrole nitrogens is 1. The van der Waals surface area contributed by atoms with E-state index in [0.29, 0.717) is 22.8 Å². The van der Waals surface area contributed by atoms with Gasteiger partial charge in [0.05, 0.1) is 28.8 Å². The minimum absolute atomic E-state index is 0.0312. The second-order valence-corrected chi connectivity index (χ2v) is 7.22. The van der Waals surface area contributed by atoms with Crippen molar-refractivity contribution in [2.75, 3.05) is 12.4 Å². The van der Waals surface area contributed by atoms with Crippen molar-refractivity contribution < 1.29 is 14.5 Å². The van der Waals surface area contributed by atoms with Crippen molar-refractivity contribution in [3.05, 3.63) is 87.4 Å². The lowest BCUT2D eigenvalue weighted by atomic mass is 10.1. The number of benzene rings is 3. The number of carbonyl (C=O) groups excluding carboxylic acids is 1. The largest absolute Gasteiger partial charge is 0.495 e. The molecule has 0 aliphatic heterocycles. The average molecular weight is 449 g/mol. The van der Waals surface area contributed by atoms with Crippen molar-refractivity contribution >= 4 is 46.0 Å². The molecule has 4 aromatic rings. The number of rotatable bonds is 6. The van der Waals surface area contributed by atoms with Crippen molar-refractivity contribution in [1.29, 1.82) is 0 Å². The van der Waals surface area contributed by atoms with E-state index in [9.17, 15) is 14.9 Å². The highest BCUT2D eigenvalue weighted by Crippen LogP contribution is 2.31. The Bertz CT molecular complexity index is 1330. The molecule has 1 aromatic heterocycles. The zero-order valence-corrected chi connectivity index (χ0v) is 17.6. The average Bonchev–Trinajstić information content (AvgIpc) is 3.22. The van der Waals surface area contributed by atoms with Gasteiger partial charge in [0.1, 0.15) is 16.6 Å². The van der Waals surface area contributed by atoms with Gasteiger partial charge in [0.2, 0.25) is 5.91 Å². The van der Waals surface area contributed by atoms with E-state index in [1.807, 2.05) is 30.3 Å². The molecular formula is C23H17ClN4O4. The number of methoxy groups -OCH3 is 1. The lowest BCUT2D eigenvalue weighted by Gasteiger charge is -2.10. The molecule has 8 nitrogen and oxygen atoms in total. The molecule has 0 atom stereocenters. The standard InChI is InChI=1S/C23H17ClN4O4/c1-32-21-10-8-15(23-26-17-4-2-3-5-18(17)27-23)13-19(21)25-22(29)11-7-14-6-9-16(24)20(12-14)28(30)31/h2-13H,1H3,(H,25,29)(H,26,27)/b11-7+. The number of anilines is 1. The van der Waals surface area contributed by atoms with Crippen LogP contribution in [0.4, 0.5) is 11.4 Å². The molecule has 32 heavy (non-hydrogen) atoms. The van der Waals surface area contributed by atoms with Gasteiger partial charge in [-0.3, -0.25) is 14.9 Å². The number of hydrogen-bond acceptors (Lipinski definition) is 5. The minimum atomic E-state index is -0.575. The van der Waals surface area contributed by atoms with Gasteiger partial charge in [0, 0.05) is 17.7 Å². The van der Waals surface area contributed by atoms with Crippen LogP contribution in [0.3, 0.4) is 0 Å². The van der Waals surface area contributed by atoms with Crippen molar-refractivity contribution in [3.63, 3.8) is 0 Å². The Kier molecular flexibility index (Phi) is 5.87. The van der Waals surface area contributed by atoms with Gasteiger partial charge in [-0.05, 0) is 48.0 Å². The number of aromatic nitrogens is 2. The third-order valence-corrected chi connectivity index (χ3v) is 5.03. The van der Waals surface area contributed by atoms with E-state index in [-0.39, 0.29) is 10.7 Å². The van der Waals surface area contributed by atoms with Gasteiger partial charge in [0.15, 0.2) is 0 Å². The molecule has 0 bridgehead atoms. The van der Waals surface area contributed by atoms with Gasteiger partial charge in [-0.2, -0.15) is 0 Å². The molecule has 0 fully saturated rings. The highest BCUT2D eigenvalue weighted by molar-refractivity contribution is 6.32. The van der Waals surface area contributed by atoms with Crippen LogP contribution < -0.4 is 10.1 Å². The number of amides is 1. The molecule has 2 N–H and O–H groups in total. The summed E-state index contributed by atoms with van der Waals surface area (Å²) in [6, 6.07) is 17.3. The Hall–Kier alpha value is -4.17. The number of fused-ring (bicyclic) bond motifs is 1. The van der Waals surface area contributed by atoms with Crippen LogP contribution in [0.25, 0.3) is 28.5 Å². The molecule has 0 aliphatic rings. The molecule has 3 aromatic carbocycles. The molecule has 1 amide bonds. The summed E-state index contributed by atoms with van der Waals surface area (Å²) < 4.78 is 5.36. The summed E-state index contributed by atoms with van der Waals surface area (Å²) in [4.78, 5) is 30.8. The van der Waals surface area contributed by atoms with Gasteiger partial charge >= 0.3 is 0 Å². The smallest absolute Gasteiger partial charge is 0.288 e. The molecule has 0 unspecified atom stereocenters. The van der Waals surface area contributed by atoms with E-state index in [1.165, 1.54) is 31.4 Å². The molecule has 1 heterocycles. The third-order valence-electron chi connectivity index (χ3n) is 4.71. The number of carbonyl (C=O) groups is 1. The van der Waals surface area contributed by atoms with Crippen LogP contribution in [-0.4, -0.2) is 27.9 Å². The summed E-state index contributed by atoms with van der Waals surface area (Å²) >= 11 is 5.82. The van der Waals surface area contributed by atoms with Crippen LogP contribution >= 0.6 is 11.6 Å². The van der Waals surface area contributed by atoms with Crippen molar-refractivity contribution in [2.45, 2.75) is 0 Å². The molecule has 0 radical (unpaired) electrons. The molecule has 0 saturated heterocycles. The van der Waals surface area contributed by atoms with Gasteiger partial charge in [-0.1, -0.05) is 29.8 Å². The molecule has 9 heteroatoms. The summed E-state index contributed by atoms with van der Waals surface area (Å²) in [6.07, 6.45) is 2.74. The summed E-state index contributed by atoms with van der Waals surface area (Å²) in [5, 5.41) is 13.8. The number of halogens is 1. The number of nitrogens with one attached hydrogen (secondary N) is 2. The highest BCUT2D eigenvalue weighted by Gasteiger charge is 2.13. The molecule has 0 saturated carbocycles. The topological polar surface area (TPSA) is 110 Å². The second kappa shape index (κ2) is 8.91. The van der Waals surface area contributed by atoms with Gasteiger partial charge in [-0.15, -0.1) is 0 Å². The highest BCUT2D eigenvalue weighted by atomic mass is 35.5. The van der Waals surface area contributed by atoms with E-state index in [0.717, 1.165) is 16.6 Å². The summed E-state index contributed by atoms with van der Waals surface area (Å²) in [5.74, 6) is 0.713. The van der Waals surface area contributed by atoms with E-state index in [2.05, 4.69) is 15.3 Å². The number of nitrogens with zero attached hydrogens (tertiary/aromatic N) is 2. The Morgan fingerprint density at radius 3 is 2.75 bits per heavy atom. The van der Waals surface area contributed by atoms with Gasteiger partial charge in [0.25, 0.3) is 5.69 Å². The van der Waals surface area contributed by atoms with Gasteiger partial charge < -0.3 is 15.0 Å². The second-order valence-electron chi connectivity index (χ2n) is 6.81. The summed E-state index contributed by atoms with van der Waals surface area (Å²) in [5.41, 5.74) is 3.22. The first-order valence-corrected chi connectivity index (χ1v) is 9.88. The maximum absolute atomic E-state index is 12.5. The minimum Gasteiger partial charge on any atom is -0.495 e. The van der Waals surface area contributed by atoms with Crippen LogP contribution in [0.1, 0.15) is 5.56 Å². The van der Waals surface area contributed by atoms with Crippen molar-refractivity contribution in [1.82, 2.24) is 9.97 Å². The maximum atomic E-state index is 12.5. The Morgan fingerprint density at radius 1 is 1.19 bits per heavy atom. The zero-order valence-electron chi connectivity index (χ0n) is 16.8. The fraction of sp³-hybridized carbons (Fsp3) is 0.0435. The first-order valence-electron chi connectivity index (χ1n) is 9.51. The van der Waals surface area contributed by atoms with Crippen LogP contribution in [-0.2, 0) is 4.79 Å². The number of aromatic amines is 1. The SMILES string of the molecule is COc1ccc(-c2nc3ccccc3[nH]2)cc1NC(=O)/C=C/c1ccc(Cl)c([N+](=O)[O-])c1. The fourth-order valence-corrected chi connectivity index (χ4v) is 3.35. The van der Waals surface area contributed by atoms with E-state index >= 15 is 0 Å². The van der Waals surface area contributed by atoms with E-state index < -0.39 is 10.8 Å². The molecule has 0 aliphatic carbocycles. The summed E-state index contributed by atoms with van der Waals surface area (Å²) in [7, 11) is 1.51. The van der Waals surface area contributed by atoms with Crippen LogP contribution in [0.5, 0.6) is 5.75 Å². The van der Waals surface area contributed by atoms with E-state index in [4.69, 9.17) is 16.3 Å². The number of imidazole rings is 1. The maximum Gasteiger partial charge on any atom is 0.288 e. The zero-order chi connectivity index (χ0) is 22.7. The normalized spacial score (nSPS) is 11.1. The predicted octanol–water partition coefficient (Wildman–Crippen LogP) is 5.45. The van der Waals surface area contributed by atoms with Crippen LogP contribution in [0.2, 0.25) is 5.02 Å². The fourth-order valence-electron chi connectivity index (χ4n) is 3.16. The number of hydrogen-bond donors (Lipinski definition) is 2. The lowest BCUT2D eigenvalue weighted by Crippen LogP contribution is -2.09. The summed E-state index contributed by atoms with van der Waals surface area (Å²) in [6.45, 7) is 0. The number of nitro benzene ring substituents is 1. The number of para-hydroxylation sites is 2. The molecule has 4 rings (SSSR count). The first kappa shape index (κ1) is 21.1. The number of ether oxygens (including phenoxy) is 1. The van der Waals surface area contributed by atoms with Crippen LogP contribution in [0.15, 0.2) is 66.7 Å². The van der Waals surface area contributed by atoms with Crippen LogP contribution in [0, 0.1) is 10.1 Å². The molecule has 160 valence electrons. The Morgan fingerprint density at radius 2 is 2.00 bits per heavy atom. The quantitative estimate of drug-likeness (QED) is 0.231. The Balaban J connectivity index is 1.57. The third kappa shape index (κ3) is 4.45. The number of nitro groups is 1. The lowest BCUT2D eigenvalue weighted by molar-refractivity contribution is -0.384. The van der Waals surface area contributed by atoms with Crippen molar-refractivity contribution in [2.24, 2.45) is 0 Å². The van der Waals surface area contributed by atoms with E-state index in [1.54, 1.807) is 18.2 Å². The molecule has 0 spiro atoms. The Labute approximate surface area is 187 Å².